The molecule has 6 nitrogen and oxygen atoms in total. The minimum Gasteiger partial charge on any atom is -0.360 e. The minimum absolute atomic E-state index is 0.0119. The third-order valence-corrected chi connectivity index (χ3v) is 3.56. The predicted octanol–water partition coefficient (Wildman–Crippen LogP) is 2.51. The van der Waals surface area contributed by atoms with Gasteiger partial charge in [0.2, 0.25) is 5.82 Å². The van der Waals surface area contributed by atoms with E-state index >= 15 is 0 Å². The molecule has 6 heteroatoms. The smallest absolute Gasteiger partial charge is 0.311 e. The lowest BCUT2D eigenvalue weighted by atomic mass is 10.1. The van der Waals surface area contributed by atoms with Gasteiger partial charge in [-0.2, -0.15) is 0 Å². The van der Waals surface area contributed by atoms with Crippen LogP contribution in [0.4, 0.5) is 11.5 Å². The molecule has 0 spiro atoms. The molecule has 1 aliphatic rings. The molecule has 0 amide bonds. The van der Waals surface area contributed by atoms with E-state index in [0.717, 1.165) is 24.2 Å². The summed E-state index contributed by atoms with van der Waals surface area (Å²) in [6.07, 6.45) is 1.63. The summed E-state index contributed by atoms with van der Waals surface area (Å²) in [6.45, 7) is 4.10. The zero-order valence-corrected chi connectivity index (χ0v) is 11.7. The third kappa shape index (κ3) is 2.85. The fourth-order valence-electron chi connectivity index (χ4n) is 2.47. The van der Waals surface area contributed by atoms with Crippen LogP contribution in [0.25, 0.3) is 0 Å². The number of rotatable bonds is 4. The molecule has 0 fully saturated rings. The van der Waals surface area contributed by atoms with Crippen molar-refractivity contribution in [3.8, 4) is 0 Å². The molecule has 0 saturated heterocycles. The van der Waals surface area contributed by atoms with Crippen LogP contribution in [0.1, 0.15) is 22.3 Å². The summed E-state index contributed by atoms with van der Waals surface area (Å²) in [7, 11) is 0. The molecule has 0 radical (unpaired) electrons. The molecule has 1 aliphatic heterocycles. The highest BCUT2D eigenvalue weighted by Crippen LogP contribution is 2.23. The lowest BCUT2D eigenvalue weighted by Gasteiger charge is -2.08. The molecular formula is C15H16N4O2. The minimum atomic E-state index is -0.408. The molecule has 21 heavy (non-hydrogen) atoms. The van der Waals surface area contributed by atoms with Gasteiger partial charge in [0.15, 0.2) is 0 Å². The number of nitrogens with one attached hydrogen (secondary N) is 2. The van der Waals surface area contributed by atoms with Gasteiger partial charge in [0, 0.05) is 31.9 Å². The maximum atomic E-state index is 11.1. The number of anilines is 1. The van der Waals surface area contributed by atoms with Gasteiger partial charge in [-0.15, -0.1) is 0 Å². The third-order valence-electron chi connectivity index (χ3n) is 3.56. The molecule has 0 atom stereocenters. The van der Waals surface area contributed by atoms with Crippen molar-refractivity contribution >= 4 is 11.5 Å². The van der Waals surface area contributed by atoms with E-state index in [1.165, 1.54) is 17.2 Å². The number of benzene rings is 1. The average molecular weight is 284 g/mol. The normalized spacial score (nSPS) is 13.0. The van der Waals surface area contributed by atoms with E-state index in [2.05, 4.69) is 27.8 Å². The Morgan fingerprint density at radius 1 is 1.33 bits per heavy atom. The Morgan fingerprint density at radius 3 is 2.95 bits per heavy atom. The summed E-state index contributed by atoms with van der Waals surface area (Å²) in [5, 5.41) is 17.4. The van der Waals surface area contributed by atoms with Crippen LogP contribution in [-0.2, 0) is 19.6 Å². The molecule has 1 aromatic carbocycles. The van der Waals surface area contributed by atoms with Gasteiger partial charge in [-0.1, -0.05) is 18.2 Å². The number of pyridine rings is 1. The maximum absolute atomic E-state index is 11.1. The highest BCUT2D eigenvalue weighted by molar-refractivity contribution is 5.56. The first kappa shape index (κ1) is 13.5. The molecule has 3 rings (SSSR count). The highest BCUT2D eigenvalue weighted by atomic mass is 16.6. The number of aromatic nitrogens is 1. The lowest BCUT2D eigenvalue weighted by Crippen LogP contribution is -2.05. The number of nitro groups is 1. The number of aryl methyl sites for hydroxylation is 1. The van der Waals surface area contributed by atoms with Crippen molar-refractivity contribution in [1.82, 2.24) is 10.3 Å². The SMILES string of the molecule is Cc1cnc(NCc2ccc3c(c2)CNC3)c([N+](=O)[O-])c1. The Kier molecular flexibility index (Phi) is 3.53. The zero-order chi connectivity index (χ0) is 14.8. The summed E-state index contributed by atoms with van der Waals surface area (Å²) < 4.78 is 0. The van der Waals surface area contributed by atoms with Gasteiger partial charge in [0.05, 0.1) is 4.92 Å². The lowest BCUT2D eigenvalue weighted by molar-refractivity contribution is -0.384. The predicted molar refractivity (Wildman–Crippen MR) is 79.9 cm³/mol. The molecule has 0 bridgehead atoms. The average Bonchev–Trinajstić information content (AvgIpc) is 2.93. The Bertz CT molecular complexity index is 700. The molecule has 0 aliphatic carbocycles. The number of hydrogen-bond acceptors (Lipinski definition) is 5. The Balaban J connectivity index is 1.77. The maximum Gasteiger partial charge on any atom is 0.311 e. The molecule has 2 N–H and O–H groups in total. The first-order chi connectivity index (χ1) is 10.1. The Morgan fingerprint density at radius 2 is 2.14 bits per heavy atom. The van der Waals surface area contributed by atoms with Crippen LogP contribution in [0.5, 0.6) is 0 Å². The first-order valence-corrected chi connectivity index (χ1v) is 6.80. The monoisotopic (exact) mass is 284 g/mol. The van der Waals surface area contributed by atoms with Crippen molar-refractivity contribution in [2.75, 3.05) is 5.32 Å². The van der Waals surface area contributed by atoms with Crippen LogP contribution in [0.3, 0.4) is 0 Å². The molecule has 1 aromatic heterocycles. The second-order valence-electron chi connectivity index (χ2n) is 5.20. The van der Waals surface area contributed by atoms with Gasteiger partial charge in [0.1, 0.15) is 0 Å². The van der Waals surface area contributed by atoms with E-state index in [1.54, 1.807) is 13.1 Å². The van der Waals surface area contributed by atoms with E-state index < -0.39 is 4.92 Å². The Labute approximate surface area is 122 Å². The van der Waals surface area contributed by atoms with Crippen LogP contribution in [0, 0.1) is 17.0 Å². The molecule has 2 heterocycles. The van der Waals surface area contributed by atoms with E-state index in [-0.39, 0.29) is 5.69 Å². The van der Waals surface area contributed by atoms with Crippen LogP contribution in [-0.4, -0.2) is 9.91 Å². The summed E-state index contributed by atoms with van der Waals surface area (Å²) in [5.74, 6) is 0.309. The molecule has 0 unspecified atom stereocenters. The van der Waals surface area contributed by atoms with Gasteiger partial charge >= 0.3 is 5.69 Å². The van der Waals surface area contributed by atoms with Crippen LogP contribution >= 0.6 is 0 Å². The van der Waals surface area contributed by atoms with Gasteiger partial charge < -0.3 is 10.6 Å². The van der Waals surface area contributed by atoms with Crippen LogP contribution in [0.15, 0.2) is 30.5 Å². The highest BCUT2D eigenvalue weighted by Gasteiger charge is 2.15. The second kappa shape index (κ2) is 5.49. The van der Waals surface area contributed by atoms with E-state index in [4.69, 9.17) is 0 Å². The van der Waals surface area contributed by atoms with Crippen molar-refractivity contribution in [3.63, 3.8) is 0 Å². The molecule has 2 aromatic rings. The summed E-state index contributed by atoms with van der Waals surface area (Å²) in [6, 6.07) is 7.80. The molecule has 108 valence electrons. The second-order valence-corrected chi connectivity index (χ2v) is 5.20. The molecule has 0 saturated carbocycles. The van der Waals surface area contributed by atoms with Gasteiger partial charge in [-0.3, -0.25) is 10.1 Å². The summed E-state index contributed by atoms with van der Waals surface area (Å²) in [4.78, 5) is 14.8. The van der Waals surface area contributed by atoms with Crippen molar-refractivity contribution in [2.24, 2.45) is 0 Å². The molecular weight excluding hydrogens is 268 g/mol. The van der Waals surface area contributed by atoms with E-state index in [9.17, 15) is 10.1 Å². The van der Waals surface area contributed by atoms with Crippen molar-refractivity contribution < 1.29 is 4.92 Å². The summed E-state index contributed by atoms with van der Waals surface area (Å²) >= 11 is 0. The number of hydrogen-bond donors (Lipinski definition) is 2. The Hall–Kier alpha value is -2.47. The van der Waals surface area contributed by atoms with Crippen LogP contribution < -0.4 is 10.6 Å². The van der Waals surface area contributed by atoms with Gasteiger partial charge in [-0.05, 0) is 29.2 Å². The fraction of sp³-hybridized carbons (Fsp3) is 0.267. The van der Waals surface area contributed by atoms with Crippen molar-refractivity contribution in [1.29, 1.82) is 0 Å². The van der Waals surface area contributed by atoms with Crippen molar-refractivity contribution in [3.05, 3.63) is 62.8 Å². The van der Waals surface area contributed by atoms with Gasteiger partial charge in [-0.25, -0.2) is 4.98 Å². The first-order valence-electron chi connectivity index (χ1n) is 6.80. The zero-order valence-electron chi connectivity index (χ0n) is 11.7. The van der Waals surface area contributed by atoms with Gasteiger partial charge in [0.25, 0.3) is 0 Å². The fourth-order valence-corrected chi connectivity index (χ4v) is 2.47. The van der Waals surface area contributed by atoms with Crippen LogP contribution in [0.2, 0.25) is 0 Å². The number of nitrogens with zero attached hydrogens (tertiary/aromatic N) is 2. The standard InChI is InChI=1S/C15H16N4O2/c1-10-4-14(19(20)21)15(17-6-10)18-7-11-2-3-12-8-16-9-13(12)5-11/h2-6,16H,7-9H2,1H3,(H,17,18). The quantitative estimate of drug-likeness (QED) is 0.666. The topological polar surface area (TPSA) is 80.1 Å². The van der Waals surface area contributed by atoms with E-state index in [1.807, 2.05) is 6.07 Å². The van der Waals surface area contributed by atoms with Crippen molar-refractivity contribution in [2.45, 2.75) is 26.6 Å². The summed E-state index contributed by atoms with van der Waals surface area (Å²) in [5.41, 5.74) is 4.49. The largest absolute Gasteiger partial charge is 0.360 e. The number of fused-ring (bicyclic) bond motifs is 1. The van der Waals surface area contributed by atoms with E-state index in [0.29, 0.717) is 12.4 Å².